The van der Waals surface area contributed by atoms with E-state index in [4.69, 9.17) is 4.74 Å². The van der Waals surface area contributed by atoms with Gasteiger partial charge in [0.05, 0.1) is 0 Å². The largest absolute Gasteiger partial charge is 0.382 e. The third-order valence-corrected chi connectivity index (χ3v) is 2.24. The number of ether oxygens (including phenoxy) is 1. The van der Waals surface area contributed by atoms with Crippen molar-refractivity contribution >= 4 is 0 Å². The maximum Gasteiger partial charge on any atom is 0.0465 e. The molecule has 0 saturated carbocycles. The van der Waals surface area contributed by atoms with Gasteiger partial charge in [0.25, 0.3) is 0 Å². The Morgan fingerprint density at radius 3 is 2.33 bits per heavy atom. The molecule has 0 aromatic heterocycles. The van der Waals surface area contributed by atoms with Gasteiger partial charge in [0.2, 0.25) is 0 Å². The Labute approximate surface area is 77.5 Å². The molecule has 0 fully saturated rings. The van der Waals surface area contributed by atoms with Crippen LogP contribution in [0.25, 0.3) is 0 Å². The van der Waals surface area contributed by atoms with Crippen molar-refractivity contribution in [2.24, 2.45) is 5.92 Å². The van der Waals surface area contributed by atoms with E-state index >= 15 is 0 Å². The molecule has 0 aromatic carbocycles. The van der Waals surface area contributed by atoms with Gasteiger partial charge in [-0.1, -0.05) is 33.1 Å². The highest BCUT2D eigenvalue weighted by molar-refractivity contribution is 4.52. The highest BCUT2D eigenvalue weighted by atomic mass is 16.5. The summed E-state index contributed by atoms with van der Waals surface area (Å²) in [4.78, 5) is 0. The molecule has 0 rings (SSSR count). The van der Waals surface area contributed by atoms with Gasteiger partial charge < -0.3 is 4.74 Å². The van der Waals surface area contributed by atoms with Crippen LogP contribution in [0.3, 0.4) is 0 Å². The number of hydrogen-bond acceptors (Lipinski definition) is 1. The second-order valence-corrected chi connectivity index (χ2v) is 3.59. The Balaban J connectivity index is 3.02. The summed E-state index contributed by atoms with van der Waals surface area (Å²) in [6.45, 7) is 8.48. The number of unbranched alkanes of at least 4 members (excludes halogenated alkanes) is 1. The highest BCUT2D eigenvalue weighted by Gasteiger charge is 2.00. The lowest BCUT2D eigenvalue weighted by molar-refractivity contribution is 0.139. The van der Waals surface area contributed by atoms with E-state index < -0.39 is 0 Å². The normalized spacial score (nSPS) is 13.2. The van der Waals surface area contributed by atoms with Gasteiger partial charge in [-0.05, 0) is 25.7 Å². The van der Waals surface area contributed by atoms with E-state index in [1.165, 1.54) is 32.1 Å². The maximum atomic E-state index is 5.29. The van der Waals surface area contributed by atoms with E-state index in [0.717, 1.165) is 19.1 Å². The zero-order valence-electron chi connectivity index (χ0n) is 8.94. The molecule has 12 heavy (non-hydrogen) atoms. The van der Waals surface area contributed by atoms with Crippen molar-refractivity contribution in [1.82, 2.24) is 0 Å². The van der Waals surface area contributed by atoms with Crippen LogP contribution >= 0.6 is 0 Å². The topological polar surface area (TPSA) is 9.23 Å². The molecule has 74 valence electrons. The molecule has 0 N–H and O–H groups in total. The minimum atomic E-state index is 0.864. The minimum Gasteiger partial charge on any atom is -0.382 e. The second-order valence-electron chi connectivity index (χ2n) is 3.59. The summed E-state index contributed by atoms with van der Waals surface area (Å²) in [7, 11) is 0. The average Bonchev–Trinajstić information content (AvgIpc) is 2.09. The van der Waals surface area contributed by atoms with Crippen LogP contribution in [0.5, 0.6) is 0 Å². The van der Waals surface area contributed by atoms with Crippen LogP contribution < -0.4 is 0 Å². The molecule has 0 bridgehead atoms. The van der Waals surface area contributed by atoms with Crippen LogP contribution in [0.4, 0.5) is 0 Å². The van der Waals surface area contributed by atoms with E-state index in [-0.39, 0.29) is 0 Å². The summed E-state index contributed by atoms with van der Waals surface area (Å²) in [6, 6.07) is 0. The Bertz CT molecular complexity index is 81.1. The van der Waals surface area contributed by atoms with Crippen molar-refractivity contribution in [3.8, 4) is 0 Å². The lowest BCUT2D eigenvalue weighted by Gasteiger charge is -2.09. The first kappa shape index (κ1) is 12.0. The van der Waals surface area contributed by atoms with Gasteiger partial charge in [-0.3, -0.25) is 0 Å². The average molecular weight is 172 g/mol. The molecule has 0 aliphatic heterocycles. The van der Waals surface area contributed by atoms with Crippen LogP contribution in [-0.4, -0.2) is 13.2 Å². The third kappa shape index (κ3) is 8.06. The quantitative estimate of drug-likeness (QED) is 0.508. The Hall–Kier alpha value is -0.0400. The van der Waals surface area contributed by atoms with Gasteiger partial charge in [0.15, 0.2) is 0 Å². The Morgan fingerprint density at radius 2 is 1.75 bits per heavy atom. The van der Waals surface area contributed by atoms with Crippen molar-refractivity contribution in [3.05, 3.63) is 0 Å². The predicted molar refractivity (Wildman–Crippen MR) is 54.4 cm³/mol. The van der Waals surface area contributed by atoms with Gasteiger partial charge in [0, 0.05) is 13.2 Å². The first-order chi connectivity index (χ1) is 5.81. The monoisotopic (exact) mass is 172 g/mol. The molecule has 0 spiro atoms. The molecule has 0 amide bonds. The lowest BCUT2D eigenvalue weighted by Crippen LogP contribution is -1.99. The predicted octanol–water partition coefficient (Wildman–Crippen LogP) is 3.63. The molecule has 0 radical (unpaired) electrons. The zero-order chi connectivity index (χ0) is 9.23. The molecule has 1 heteroatoms. The van der Waals surface area contributed by atoms with E-state index in [2.05, 4.69) is 20.8 Å². The molecular weight excluding hydrogens is 148 g/mol. The SMILES string of the molecule is CCCCC(C)CCCOCC. The van der Waals surface area contributed by atoms with Crippen molar-refractivity contribution in [2.45, 2.75) is 52.9 Å². The van der Waals surface area contributed by atoms with Crippen LogP contribution in [0.2, 0.25) is 0 Å². The maximum absolute atomic E-state index is 5.29. The molecule has 1 atom stereocenters. The van der Waals surface area contributed by atoms with E-state index in [1.807, 2.05) is 0 Å². The van der Waals surface area contributed by atoms with Gasteiger partial charge in [-0.25, -0.2) is 0 Å². The minimum absolute atomic E-state index is 0.864. The summed E-state index contributed by atoms with van der Waals surface area (Å²) in [5.74, 6) is 0.894. The summed E-state index contributed by atoms with van der Waals surface area (Å²) in [5.41, 5.74) is 0. The second kappa shape index (κ2) is 9.05. The van der Waals surface area contributed by atoms with E-state index in [9.17, 15) is 0 Å². The van der Waals surface area contributed by atoms with E-state index in [0.29, 0.717) is 0 Å². The third-order valence-electron chi connectivity index (χ3n) is 2.24. The lowest BCUT2D eigenvalue weighted by atomic mass is 9.99. The van der Waals surface area contributed by atoms with Crippen LogP contribution in [0.15, 0.2) is 0 Å². The smallest absolute Gasteiger partial charge is 0.0465 e. The molecule has 1 unspecified atom stereocenters. The van der Waals surface area contributed by atoms with Gasteiger partial charge in [0.1, 0.15) is 0 Å². The first-order valence-corrected chi connectivity index (χ1v) is 5.39. The molecule has 0 saturated heterocycles. The molecule has 0 aromatic rings. The van der Waals surface area contributed by atoms with Crippen molar-refractivity contribution in [3.63, 3.8) is 0 Å². The van der Waals surface area contributed by atoms with Crippen LogP contribution in [-0.2, 0) is 4.74 Å². The number of hydrogen-bond donors (Lipinski definition) is 0. The highest BCUT2D eigenvalue weighted by Crippen LogP contribution is 2.13. The summed E-state index contributed by atoms with van der Waals surface area (Å²) in [6.07, 6.45) is 6.67. The van der Waals surface area contributed by atoms with Gasteiger partial charge in [-0.2, -0.15) is 0 Å². The van der Waals surface area contributed by atoms with Gasteiger partial charge >= 0.3 is 0 Å². The fourth-order valence-corrected chi connectivity index (χ4v) is 1.38. The molecular formula is C11H24O. The summed E-state index contributed by atoms with van der Waals surface area (Å²) in [5, 5.41) is 0. The molecule has 0 aliphatic rings. The fraction of sp³-hybridized carbons (Fsp3) is 1.00. The first-order valence-electron chi connectivity index (χ1n) is 5.39. The summed E-state index contributed by atoms with van der Waals surface area (Å²) >= 11 is 0. The van der Waals surface area contributed by atoms with Crippen LogP contribution in [0, 0.1) is 5.92 Å². The molecule has 1 nitrogen and oxygen atoms in total. The van der Waals surface area contributed by atoms with Crippen molar-refractivity contribution < 1.29 is 4.74 Å². The van der Waals surface area contributed by atoms with Crippen molar-refractivity contribution in [2.75, 3.05) is 13.2 Å². The van der Waals surface area contributed by atoms with Crippen LogP contribution in [0.1, 0.15) is 52.9 Å². The summed E-state index contributed by atoms with van der Waals surface area (Å²) < 4.78 is 5.29. The zero-order valence-corrected chi connectivity index (χ0v) is 8.94. The standard InChI is InChI=1S/C11H24O/c1-4-6-8-11(3)9-7-10-12-5-2/h11H,4-10H2,1-3H3. The fourth-order valence-electron chi connectivity index (χ4n) is 1.38. The van der Waals surface area contributed by atoms with E-state index in [1.54, 1.807) is 0 Å². The molecule has 0 aliphatic carbocycles. The van der Waals surface area contributed by atoms with Crippen molar-refractivity contribution in [1.29, 1.82) is 0 Å². The Kier molecular flexibility index (Phi) is 9.02. The number of rotatable bonds is 8. The molecule has 0 heterocycles. The van der Waals surface area contributed by atoms with Gasteiger partial charge in [-0.15, -0.1) is 0 Å². The Morgan fingerprint density at radius 1 is 1.08 bits per heavy atom.